The third-order valence-electron chi connectivity index (χ3n) is 4.23. The van der Waals surface area contributed by atoms with Crippen molar-refractivity contribution in [3.05, 3.63) is 29.8 Å². The average Bonchev–Trinajstić information content (AvgIpc) is 2.53. The van der Waals surface area contributed by atoms with Crippen molar-refractivity contribution in [3.63, 3.8) is 0 Å². The van der Waals surface area contributed by atoms with Gasteiger partial charge in [-0.15, -0.1) is 0 Å². The normalized spacial score (nSPS) is 17.5. The van der Waals surface area contributed by atoms with Gasteiger partial charge in [-0.3, -0.25) is 4.90 Å². The van der Waals surface area contributed by atoms with Gasteiger partial charge in [0, 0.05) is 32.2 Å². The number of ether oxygens (including phenoxy) is 1. The summed E-state index contributed by atoms with van der Waals surface area (Å²) >= 11 is 0. The topological polar surface area (TPSA) is 73.2 Å². The highest BCUT2D eigenvalue weighted by Crippen LogP contribution is 2.21. The Labute approximate surface area is 144 Å². The fourth-order valence-corrected chi connectivity index (χ4v) is 2.78. The quantitative estimate of drug-likeness (QED) is 0.806. The fourth-order valence-electron chi connectivity index (χ4n) is 2.78. The molecule has 0 spiro atoms. The number of hydrogen-bond donors (Lipinski definition) is 2. The van der Waals surface area contributed by atoms with Crippen LogP contribution in [0.25, 0.3) is 0 Å². The van der Waals surface area contributed by atoms with Gasteiger partial charge < -0.3 is 19.7 Å². The van der Waals surface area contributed by atoms with Gasteiger partial charge in [-0.2, -0.15) is 0 Å². The molecule has 6 nitrogen and oxygen atoms in total. The van der Waals surface area contributed by atoms with Crippen molar-refractivity contribution in [2.24, 2.45) is 0 Å². The van der Waals surface area contributed by atoms with Crippen molar-refractivity contribution in [1.29, 1.82) is 0 Å². The molecule has 0 aliphatic carbocycles. The minimum absolute atomic E-state index is 0.204. The summed E-state index contributed by atoms with van der Waals surface area (Å²) < 4.78 is 5.41. The maximum absolute atomic E-state index is 12.1. The Morgan fingerprint density at radius 3 is 2.12 bits per heavy atom. The van der Waals surface area contributed by atoms with Crippen molar-refractivity contribution in [1.82, 2.24) is 9.80 Å². The molecular formula is C17H27BN2O4. The Hall–Kier alpha value is -1.57. The molecule has 24 heavy (non-hydrogen) atoms. The Bertz CT molecular complexity index is 549. The molecule has 1 aromatic rings. The molecule has 1 aliphatic heterocycles. The second-order valence-corrected chi connectivity index (χ2v) is 7.22. The predicted octanol–water partition coefficient (Wildman–Crippen LogP) is 0.980. The summed E-state index contributed by atoms with van der Waals surface area (Å²) in [5.74, 6) is 0. The van der Waals surface area contributed by atoms with E-state index in [2.05, 4.69) is 11.8 Å². The van der Waals surface area contributed by atoms with Gasteiger partial charge in [0.05, 0.1) is 0 Å². The number of hydrogen-bond acceptors (Lipinski definition) is 5. The Morgan fingerprint density at radius 2 is 1.67 bits per heavy atom. The van der Waals surface area contributed by atoms with Gasteiger partial charge in [0.25, 0.3) is 0 Å². The molecule has 132 valence electrons. The van der Waals surface area contributed by atoms with E-state index in [0.717, 1.165) is 18.7 Å². The number of carbonyl (C=O) groups excluding carboxylic acids is 1. The largest absolute Gasteiger partial charge is 0.488 e. The summed E-state index contributed by atoms with van der Waals surface area (Å²) in [7, 11) is -1.44. The summed E-state index contributed by atoms with van der Waals surface area (Å²) in [6, 6.07) is 7.50. The van der Waals surface area contributed by atoms with Crippen LogP contribution in [0.2, 0.25) is 0 Å². The molecule has 0 aromatic heterocycles. The minimum Gasteiger partial charge on any atom is -0.444 e. The van der Waals surface area contributed by atoms with Crippen molar-refractivity contribution in [2.75, 3.05) is 26.2 Å². The number of benzene rings is 1. The van der Waals surface area contributed by atoms with Gasteiger partial charge in [-0.05, 0) is 38.7 Å². The number of carbonyl (C=O) groups is 1. The maximum atomic E-state index is 12.1. The van der Waals surface area contributed by atoms with Crippen molar-refractivity contribution in [2.45, 2.75) is 39.3 Å². The molecule has 1 atom stereocenters. The monoisotopic (exact) mass is 334 g/mol. The number of rotatable bonds is 3. The van der Waals surface area contributed by atoms with E-state index in [1.165, 1.54) is 0 Å². The lowest BCUT2D eigenvalue weighted by Gasteiger charge is -2.38. The van der Waals surface area contributed by atoms with Gasteiger partial charge in [-0.1, -0.05) is 24.3 Å². The highest BCUT2D eigenvalue weighted by atomic mass is 16.6. The molecule has 1 amide bonds. The molecular weight excluding hydrogens is 307 g/mol. The van der Waals surface area contributed by atoms with Gasteiger partial charge in [-0.25, -0.2) is 4.79 Å². The smallest absolute Gasteiger partial charge is 0.444 e. The zero-order valence-electron chi connectivity index (χ0n) is 14.9. The molecule has 1 aliphatic rings. The molecule has 0 saturated carbocycles. The van der Waals surface area contributed by atoms with Crippen LogP contribution in [0.5, 0.6) is 0 Å². The third-order valence-corrected chi connectivity index (χ3v) is 4.23. The van der Waals surface area contributed by atoms with Crippen LogP contribution in [-0.2, 0) is 4.74 Å². The number of amides is 1. The van der Waals surface area contributed by atoms with Crippen LogP contribution in [-0.4, -0.2) is 64.8 Å². The summed E-state index contributed by atoms with van der Waals surface area (Å²) in [5, 5.41) is 18.3. The van der Waals surface area contributed by atoms with Crippen molar-refractivity contribution in [3.8, 4) is 0 Å². The van der Waals surface area contributed by atoms with Gasteiger partial charge in [0.1, 0.15) is 5.60 Å². The lowest BCUT2D eigenvalue weighted by Crippen LogP contribution is -2.50. The van der Waals surface area contributed by atoms with Crippen LogP contribution in [0.3, 0.4) is 0 Å². The Morgan fingerprint density at radius 1 is 1.12 bits per heavy atom. The van der Waals surface area contributed by atoms with E-state index < -0.39 is 12.7 Å². The Kier molecular flexibility index (Phi) is 5.90. The molecule has 2 N–H and O–H groups in total. The zero-order chi connectivity index (χ0) is 17.9. The zero-order valence-corrected chi connectivity index (χ0v) is 14.9. The SMILES string of the molecule is C[C@H](c1ccc(B(O)O)cc1)N1CCN(C(=O)OC(C)(C)C)CC1. The fraction of sp³-hybridized carbons (Fsp3) is 0.588. The molecule has 0 bridgehead atoms. The third kappa shape index (κ3) is 4.96. The highest BCUT2D eigenvalue weighted by molar-refractivity contribution is 6.58. The van der Waals surface area contributed by atoms with Crippen molar-refractivity contribution >= 4 is 18.7 Å². The maximum Gasteiger partial charge on any atom is 0.488 e. The van der Waals surface area contributed by atoms with Crippen LogP contribution in [0, 0.1) is 0 Å². The summed E-state index contributed by atoms with van der Waals surface area (Å²) in [6.45, 7) is 10.6. The van der Waals surface area contributed by atoms with E-state index in [-0.39, 0.29) is 12.1 Å². The van der Waals surface area contributed by atoms with E-state index in [1.807, 2.05) is 32.9 Å². The molecule has 1 heterocycles. The summed E-state index contributed by atoms with van der Waals surface area (Å²) in [4.78, 5) is 16.2. The molecule has 1 aromatic carbocycles. The first-order valence-electron chi connectivity index (χ1n) is 8.35. The van der Waals surface area contributed by atoms with E-state index in [0.29, 0.717) is 18.6 Å². The first-order chi connectivity index (χ1) is 11.2. The lowest BCUT2D eigenvalue weighted by molar-refractivity contribution is 0.0110. The average molecular weight is 334 g/mol. The molecule has 0 unspecified atom stereocenters. The predicted molar refractivity (Wildman–Crippen MR) is 94.1 cm³/mol. The molecule has 2 rings (SSSR count). The first-order valence-corrected chi connectivity index (χ1v) is 8.35. The van der Waals surface area contributed by atoms with Crippen LogP contribution in [0.15, 0.2) is 24.3 Å². The van der Waals surface area contributed by atoms with Crippen LogP contribution in [0.1, 0.15) is 39.3 Å². The van der Waals surface area contributed by atoms with Crippen LogP contribution >= 0.6 is 0 Å². The van der Waals surface area contributed by atoms with Crippen LogP contribution < -0.4 is 5.46 Å². The second kappa shape index (κ2) is 7.55. The van der Waals surface area contributed by atoms with E-state index in [4.69, 9.17) is 14.8 Å². The van der Waals surface area contributed by atoms with E-state index >= 15 is 0 Å². The second-order valence-electron chi connectivity index (χ2n) is 7.22. The Balaban J connectivity index is 1.90. The minimum atomic E-state index is -1.44. The standard InChI is InChI=1S/C17H27BN2O4/c1-13(14-5-7-15(8-6-14)18(22)23)19-9-11-20(12-10-19)16(21)24-17(2,3)4/h5-8,13,22-23H,9-12H2,1-4H3/t13-/m1/s1. The number of nitrogens with zero attached hydrogens (tertiary/aromatic N) is 2. The highest BCUT2D eigenvalue weighted by Gasteiger charge is 2.28. The molecule has 1 saturated heterocycles. The van der Waals surface area contributed by atoms with E-state index in [1.54, 1.807) is 17.0 Å². The summed E-state index contributed by atoms with van der Waals surface area (Å²) in [6.07, 6.45) is -0.254. The summed E-state index contributed by atoms with van der Waals surface area (Å²) in [5.41, 5.74) is 1.13. The van der Waals surface area contributed by atoms with Gasteiger partial charge in [0.2, 0.25) is 0 Å². The first kappa shape index (κ1) is 18.8. The van der Waals surface area contributed by atoms with Crippen molar-refractivity contribution < 1.29 is 19.6 Å². The van der Waals surface area contributed by atoms with Gasteiger partial charge in [0.15, 0.2) is 0 Å². The molecule has 1 fully saturated rings. The molecule has 0 radical (unpaired) electrons. The number of piperazine rings is 1. The van der Waals surface area contributed by atoms with Gasteiger partial charge >= 0.3 is 13.2 Å². The lowest BCUT2D eigenvalue weighted by atomic mass is 9.80. The van der Waals surface area contributed by atoms with Crippen LogP contribution in [0.4, 0.5) is 4.79 Å². The van der Waals surface area contributed by atoms with E-state index in [9.17, 15) is 4.79 Å². The molecule has 7 heteroatoms.